The van der Waals surface area contributed by atoms with Gasteiger partial charge in [-0.2, -0.15) is 0 Å². The van der Waals surface area contributed by atoms with Crippen LogP contribution in [0.5, 0.6) is 5.75 Å². The minimum atomic E-state index is -0.177. The van der Waals surface area contributed by atoms with E-state index in [9.17, 15) is 9.90 Å². The summed E-state index contributed by atoms with van der Waals surface area (Å²) in [5.41, 5.74) is 9.71. The predicted octanol–water partition coefficient (Wildman–Crippen LogP) is 2.87. The van der Waals surface area contributed by atoms with Crippen molar-refractivity contribution in [1.29, 1.82) is 0 Å². The molecule has 0 aromatic heterocycles. The summed E-state index contributed by atoms with van der Waals surface area (Å²) in [6.45, 7) is 3.88. The average molecular weight is 282 g/mol. The lowest BCUT2D eigenvalue weighted by Crippen LogP contribution is -2.35. The third kappa shape index (κ3) is 2.23. The number of benzene rings is 2. The summed E-state index contributed by atoms with van der Waals surface area (Å²) in [6.07, 6.45) is 0.777. The van der Waals surface area contributed by atoms with Crippen molar-refractivity contribution in [2.75, 3.05) is 10.6 Å². The topological polar surface area (TPSA) is 66.6 Å². The first-order valence-corrected chi connectivity index (χ1v) is 6.99. The fraction of sp³-hybridized carbons (Fsp3) is 0.235. The number of hydrogen-bond acceptors (Lipinski definition) is 3. The quantitative estimate of drug-likeness (QED) is 0.790. The Labute approximate surface area is 123 Å². The molecule has 4 heteroatoms. The van der Waals surface area contributed by atoms with Gasteiger partial charge in [-0.25, -0.2) is 0 Å². The van der Waals surface area contributed by atoms with E-state index in [-0.39, 0.29) is 17.7 Å². The summed E-state index contributed by atoms with van der Waals surface area (Å²) in [5.74, 6) is -0.153. The molecule has 0 saturated carbocycles. The Balaban J connectivity index is 2.03. The zero-order valence-electron chi connectivity index (χ0n) is 12.1. The number of rotatable bonds is 1. The molecule has 1 aliphatic heterocycles. The summed E-state index contributed by atoms with van der Waals surface area (Å²) < 4.78 is 0. The van der Waals surface area contributed by atoms with Crippen molar-refractivity contribution in [1.82, 2.24) is 0 Å². The maximum atomic E-state index is 12.8. The lowest BCUT2D eigenvalue weighted by Gasteiger charge is -2.23. The highest BCUT2D eigenvalue weighted by molar-refractivity contribution is 6.09. The maximum absolute atomic E-state index is 12.8. The van der Waals surface area contributed by atoms with Crippen molar-refractivity contribution >= 4 is 17.3 Å². The number of carbonyl (C=O) groups excluding carboxylic acids is 1. The molecule has 1 heterocycles. The number of amides is 1. The Morgan fingerprint density at radius 1 is 1.29 bits per heavy atom. The number of nitrogens with zero attached hydrogens (tertiary/aromatic N) is 1. The monoisotopic (exact) mass is 282 g/mol. The van der Waals surface area contributed by atoms with Crippen LogP contribution in [0.1, 0.15) is 28.4 Å². The minimum Gasteiger partial charge on any atom is -0.507 e. The normalized spacial score (nSPS) is 16.9. The van der Waals surface area contributed by atoms with E-state index in [2.05, 4.69) is 0 Å². The second kappa shape index (κ2) is 4.81. The summed E-state index contributed by atoms with van der Waals surface area (Å²) in [4.78, 5) is 14.5. The van der Waals surface area contributed by atoms with E-state index < -0.39 is 0 Å². The Morgan fingerprint density at radius 2 is 2.05 bits per heavy atom. The van der Waals surface area contributed by atoms with Gasteiger partial charge >= 0.3 is 0 Å². The SMILES string of the molecule is Cc1ccc(C(=O)N2c3ccc(N)cc3CC2C)c(O)c1. The van der Waals surface area contributed by atoms with Crippen molar-refractivity contribution in [3.63, 3.8) is 0 Å². The number of phenolic OH excluding ortho intramolecular Hbond substituents is 1. The van der Waals surface area contributed by atoms with Crippen LogP contribution in [0.15, 0.2) is 36.4 Å². The van der Waals surface area contributed by atoms with Gasteiger partial charge in [0.2, 0.25) is 0 Å². The van der Waals surface area contributed by atoms with E-state index in [1.165, 1.54) is 0 Å². The molecule has 1 unspecified atom stereocenters. The Bertz CT molecular complexity index is 725. The Kier molecular flexibility index (Phi) is 3.09. The van der Waals surface area contributed by atoms with E-state index in [0.29, 0.717) is 11.3 Å². The molecule has 0 spiro atoms. The van der Waals surface area contributed by atoms with Crippen LogP contribution in [0.25, 0.3) is 0 Å². The smallest absolute Gasteiger partial charge is 0.262 e. The molecular formula is C17H18N2O2. The molecule has 0 aliphatic carbocycles. The number of aryl methyl sites for hydroxylation is 1. The first kappa shape index (κ1) is 13.5. The van der Waals surface area contributed by atoms with Crippen molar-refractivity contribution in [3.8, 4) is 5.75 Å². The van der Waals surface area contributed by atoms with E-state index >= 15 is 0 Å². The van der Waals surface area contributed by atoms with Gasteiger partial charge in [0.25, 0.3) is 5.91 Å². The highest BCUT2D eigenvalue weighted by atomic mass is 16.3. The predicted molar refractivity (Wildman–Crippen MR) is 83.7 cm³/mol. The van der Waals surface area contributed by atoms with Crippen LogP contribution in [-0.2, 0) is 6.42 Å². The van der Waals surface area contributed by atoms with Gasteiger partial charge in [-0.05, 0) is 61.7 Å². The third-order valence-corrected chi connectivity index (χ3v) is 3.92. The number of nitrogens with two attached hydrogens (primary N) is 1. The van der Waals surface area contributed by atoms with Gasteiger partial charge in [0.05, 0.1) is 5.56 Å². The Morgan fingerprint density at radius 3 is 2.76 bits per heavy atom. The number of aromatic hydroxyl groups is 1. The molecule has 3 N–H and O–H groups in total. The third-order valence-electron chi connectivity index (χ3n) is 3.92. The number of nitrogen functional groups attached to an aromatic ring is 1. The molecule has 0 saturated heterocycles. The second-order valence-corrected chi connectivity index (χ2v) is 5.64. The molecule has 4 nitrogen and oxygen atoms in total. The molecule has 1 aliphatic rings. The van der Waals surface area contributed by atoms with Crippen molar-refractivity contribution in [2.24, 2.45) is 0 Å². The molecular weight excluding hydrogens is 264 g/mol. The molecule has 2 aromatic rings. The zero-order valence-corrected chi connectivity index (χ0v) is 12.1. The van der Waals surface area contributed by atoms with Crippen LogP contribution < -0.4 is 10.6 Å². The van der Waals surface area contributed by atoms with Crippen LogP contribution in [0.2, 0.25) is 0 Å². The molecule has 0 fully saturated rings. The number of hydrogen-bond donors (Lipinski definition) is 2. The van der Waals surface area contributed by atoms with E-state index in [0.717, 1.165) is 23.2 Å². The standard InChI is InChI=1S/C17H18N2O2/c1-10-3-5-14(16(20)7-10)17(21)19-11(2)8-12-9-13(18)4-6-15(12)19/h3-7,9,11,20H,8,18H2,1-2H3. The molecule has 108 valence electrons. The first-order chi connectivity index (χ1) is 9.97. The van der Waals surface area contributed by atoms with Crippen molar-refractivity contribution in [3.05, 3.63) is 53.1 Å². The molecule has 0 radical (unpaired) electrons. The molecule has 2 aromatic carbocycles. The summed E-state index contributed by atoms with van der Waals surface area (Å²) in [7, 11) is 0. The highest BCUT2D eigenvalue weighted by Crippen LogP contribution is 2.35. The van der Waals surface area contributed by atoms with E-state index in [1.807, 2.05) is 32.0 Å². The first-order valence-electron chi connectivity index (χ1n) is 6.99. The lowest BCUT2D eigenvalue weighted by molar-refractivity contribution is 0.0979. The van der Waals surface area contributed by atoms with Crippen molar-refractivity contribution < 1.29 is 9.90 Å². The maximum Gasteiger partial charge on any atom is 0.262 e. The highest BCUT2D eigenvalue weighted by Gasteiger charge is 2.32. The molecule has 1 atom stereocenters. The zero-order chi connectivity index (χ0) is 15.1. The fourth-order valence-corrected chi connectivity index (χ4v) is 2.91. The number of phenols is 1. The largest absolute Gasteiger partial charge is 0.507 e. The van der Waals surface area contributed by atoms with Gasteiger partial charge in [-0.15, -0.1) is 0 Å². The van der Waals surface area contributed by atoms with Crippen LogP contribution >= 0.6 is 0 Å². The summed E-state index contributed by atoms with van der Waals surface area (Å²) in [6, 6.07) is 10.7. The van der Waals surface area contributed by atoms with E-state index in [1.54, 1.807) is 23.1 Å². The molecule has 21 heavy (non-hydrogen) atoms. The average Bonchev–Trinajstić information content (AvgIpc) is 2.73. The van der Waals surface area contributed by atoms with E-state index in [4.69, 9.17) is 5.73 Å². The summed E-state index contributed by atoms with van der Waals surface area (Å²) in [5, 5.41) is 10.0. The van der Waals surface area contributed by atoms with Gasteiger partial charge in [0.15, 0.2) is 0 Å². The van der Waals surface area contributed by atoms with Crippen LogP contribution in [0, 0.1) is 6.92 Å². The lowest BCUT2D eigenvalue weighted by atomic mass is 10.1. The Hall–Kier alpha value is -2.49. The van der Waals surface area contributed by atoms with Crippen LogP contribution in [0.3, 0.4) is 0 Å². The van der Waals surface area contributed by atoms with Gasteiger partial charge in [0.1, 0.15) is 5.75 Å². The van der Waals surface area contributed by atoms with Gasteiger partial charge in [-0.3, -0.25) is 4.79 Å². The number of carbonyl (C=O) groups is 1. The summed E-state index contributed by atoms with van der Waals surface area (Å²) >= 11 is 0. The van der Waals surface area contributed by atoms with Gasteiger partial charge < -0.3 is 15.7 Å². The fourth-order valence-electron chi connectivity index (χ4n) is 2.91. The number of anilines is 2. The van der Waals surface area contributed by atoms with Crippen LogP contribution in [-0.4, -0.2) is 17.1 Å². The van der Waals surface area contributed by atoms with Gasteiger partial charge in [-0.1, -0.05) is 6.07 Å². The number of fused-ring (bicyclic) bond motifs is 1. The second-order valence-electron chi connectivity index (χ2n) is 5.64. The van der Waals surface area contributed by atoms with Gasteiger partial charge in [0, 0.05) is 17.4 Å². The minimum absolute atomic E-state index is 0.0242. The molecule has 0 bridgehead atoms. The molecule has 1 amide bonds. The van der Waals surface area contributed by atoms with Crippen molar-refractivity contribution in [2.45, 2.75) is 26.3 Å². The van der Waals surface area contributed by atoms with Crippen LogP contribution in [0.4, 0.5) is 11.4 Å². The molecule has 3 rings (SSSR count).